The maximum atomic E-state index is 11.4. The molecule has 0 radical (unpaired) electrons. The number of carbonyl (C=O) groups is 1. The molecule has 0 atom stereocenters. The van der Waals surface area contributed by atoms with Crippen molar-refractivity contribution in [3.05, 3.63) is 18.0 Å². The lowest BCUT2D eigenvalue weighted by Gasteiger charge is -1.99. The molecule has 0 aliphatic heterocycles. The first kappa shape index (κ1) is 10.3. The highest BCUT2D eigenvalue weighted by Crippen LogP contribution is 1.93. The van der Waals surface area contributed by atoms with E-state index in [9.17, 15) is 4.79 Å². The minimum absolute atomic E-state index is 0.191. The molecular weight excluding hydrogens is 180 g/mol. The maximum absolute atomic E-state index is 11.4. The molecule has 0 saturated carbocycles. The number of hydrogen-bond acceptors (Lipinski definition) is 3. The topological polar surface area (TPSA) is 70.7 Å². The number of carbonyl (C=O) groups excluding carboxylic acids is 1. The van der Waals surface area contributed by atoms with Crippen molar-refractivity contribution in [3.8, 4) is 6.07 Å². The molecule has 0 bridgehead atoms. The van der Waals surface area contributed by atoms with Gasteiger partial charge in [0, 0.05) is 26.2 Å². The Morgan fingerprint density at radius 1 is 1.79 bits per heavy atom. The van der Waals surface area contributed by atoms with Crippen LogP contribution in [0.5, 0.6) is 0 Å². The Hall–Kier alpha value is -1.83. The van der Waals surface area contributed by atoms with Crippen molar-refractivity contribution in [1.29, 1.82) is 5.26 Å². The van der Waals surface area contributed by atoms with E-state index in [0.29, 0.717) is 25.1 Å². The monoisotopic (exact) mass is 192 g/mol. The average Bonchev–Trinajstić information content (AvgIpc) is 2.59. The van der Waals surface area contributed by atoms with E-state index in [1.165, 1.54) is 0 Å². The molecule has 0 aromatic carbocycles. The van der Waals surface area contributed by atoms with E-state index in [-0.39, 0.29) is 5.91 Å². The van der Waals surface area contributed by atoms with Crippen LogP contribution in [-0.2, 0) is 7.05 Å². The van der Waals surface area contributed by atoms with Gasteiger partial charge >= 0.3 is 0 Å². The zero-order valence-corrected chi connectivity index (χ0v) is 8.03. The number of unbranched alkanes of at least 4 members (excludes halogenated alkanes) is 1. The Morgan fingerprint density at radius 3 is 3.14 bits per heavy atom. The molecular formula is C9H12N4O. The summed E-state index contributed by atoms with van der Waals surface area (Å²) in [4.78, 5) is 11.4. The Bertz CT molecular complexity index is 350. The van der Waals surface area contributed by atoms with Crippen LogP contribution < -0.4 is 5.32 Å². The lowest BCUT2D eigenvalue weighted by molar-refractivity contribution is 0.0947. The number of nitrogens with one attached hydrogen (secondary N) is 1. The Balaban J connectivity index is 2.33. The zero-order valence-electron chi connectivity index (χ0n) is 8.03. The summed E-state index contributed by atoms with van der Waals surface area (Å²) in [6.07, 6.45) is 2.85. The van der Waals surface area contributed by atoms with Crippen LogP contribution >= 0.6 is 0 Å². The molecule has 0 spiro atoms. The lowest BCUT2D eigenvalue weighted by Crippen LogP contribution is -2.24. The number of aryl methyl sites for hydroxylation is 1. The molecule has 1 heterocycles. The van der Waals surface area contributed by atoms with Crippen molar-refractivity contribution in [2.45, 2.75) is 12.8 Å². The molecule has 1 aromatic heterocycles. The SMILES string of the molecule is Cn1ccc(C(=O)NCCCC#N)n1. The van der Waals surface area contributed by atoms with Gasteiger partial charge in [-0.05, 0) is 12.5 Å². The summed E-state index contributed by atoms with van der Waals surface area (Å²) in [5, 5.41) is 14.9. The number of amides is 1. The predicted octanol–water partition coefficient (Wildman–Crippen LogP) is 0.454. The van der Waals surface area contributed by atoms with Crippen LogP contribution in [0.25, 0.3) is 0 Å². The van der Waals surface area contributed by atoms with Gasteiger partial charge in [0.1, 0.15) is 5.69 Å². The van der Waals surface area contributed by atoms with E-state index in [1.807, 2.05) is 6.07 Å². The summed E-state index contributed by atoms with van der Waals surface area (Å²) in [6.45, 7) is 0.517. The number of nitriles is 1. The van der Waals surface area contributed by atoms with Crippen LogP contribution in [0.4, 0.5) is 0 Å². The Morgan fingerprint density at radius 2 is 2.57 bits per heavy atom. The third kappa shape index (κ3) is 2.90. The quantitative estimate of drug-likeness (QED) is 0.704. The van der Waals surface area contributed by atoms with Crippen molar-refractivity contribution in [3.63, 3.8) is 0 Å². The fourth-order valence-electron chi connectivity index (χ4n) is 0.996. The van der Waals surface area contributed by atoms with E-state index in [4.69, 9.17) is 5.26 Å². The van der Waals surface area contributed by atoms with Crippen LogP contribution in [-0.4, -0.2) is 22.2 Å². The van der Waals surface area contributed by atoms with Gasteiger partial charge in [-0.3, -0.25) is 9.48 Å². The average molecular weight is 192 g/mol. The van der Waals surface area contributed by atoms with Gasteiger partial charge in [-0.1, -0.05) is 0 Å². The van der Waals surface area contributed by atoms with E-state index in [2.05, 4.69) is 10.4 Å². The molecule has 1 N–H and O–H groups in total. The molecule has 0 unspecified atom stereocenters. The first-order valence-corrected chi connectivity index (χ1v) is 4.39. The molecule has 0 aliphatic carbocycles. The number of nitrogens with zero attached hydrogens (tertiary/aromatic N) is 3. The summed E-state index contributed by atoms with van der Waals surface area (Å²) in [5.74, 6) is -0.191. The Kier molecular flexibility index (Phi) is 3.68. The molecule has 0 saturated heterocycles. The minimum Gasteiger partial charge on any atom is -0.351 e. The molecule has 1 rings (SSSR count). The van der Waals surface area contributed by atoms with Crippen molar-refractivity contribution < 1.29 is 4.79 Å². The highest BCUT2D eigenvalue weighted by Gasteiger charge is 2.06. The first-order chi connectivity index (χ1) is 6.74. The van der Waals surface area contributed by atoms with Gasteiger partial charge in [-0.15, -0.1) is 0 Å². The van der Waals surface area contributed by atoms with E-state index >= 15 is 0 Å². The largest absolute Gasteiger partial charge is 0.351 e. The molecule has 74 valence electrons. The second-order valence-electron chi connectivity index (χ2n) is 2.89. The summed E-state index contributed by atoms with van der Waals surface area (Å²) in [5.41, 5.74) is 0.407. The van der Waals surface area contributed by atoms with Crippen molar-refractivity contribution >= 4 is 5.91 Å². The fourth-order valence-corrected chi connectivity index (χ4v) is 0.996. The maximum Gasteiger partial charge on any atom is 0.271 e. The molecule has 1 amide bonds. The first-order valence-electron chi connectivity index (χ1n) is 4.39. The van der Waals surface area contributed by atoms with Crippen LogP contribution in [0.2, 0.25) is 0 Å². The van der Waals surface area contributed by atoms with E-state index < -0.39 is 0 Å². The smallest absolute Gasteiger partial charge is 0.271 e. The van der Waals surface area contributed by atoms with Gasteiger partial charge in [0.25, 0.3) is 5.91 Å². The summed E-state index contributed by atoms with van der Waals surface area (Å²) >= 11 is 0. The normalized spacial score (nSPS) is 9.43. The predicted molar refractivity (Wildman–Crippen MR) is 50.4 cm³/mol. The molecule has 5 heteroatoms. The highest BCUT2D eigenvalue weighted by molar-refractivity contribution is 5.92. The van der Waals surface area contributed by atoms with Gasteiger partial charge in [-0.25, -0.2) is 0 Å². The van der Waals surface area contributed by atoms with Crippen LogP contribution in [0.15, 0.2) is 12.3 Å². The molecule has 1 aromatic rings. The number of aromatic nitrogens is 2. The summed E-state index contributed by atoms with van der Waals surface area (Å²) in [6, 6.07) is 3.67. The molecule has 5 nitrogen and oxygen atoms in total. The lowest BCUT2D eigenvalue weighted by atomic mass is 10.3. The van der Waals surface area contributed by atoms with Crippen LogP contribution in [0.1, 0.15) is 23.3 Å². The van der Waals surface area contributed by atoms with Crippen molar-refractivity contribution in [1.82, 2.24) is 15.1 Å². The van der Waals surface area contributed by atoms with Crippen molar-refractivity contribution in [2.75, 3.05) is 6.54 Å². The van der Waals surface area contributed by atoms with Crippen LogP contribution in [0.3, 0.4) is 0 Å². The second-order valence-corrected chi connectivity index (χ2v) is 2.89. The Labute approximate surface area is 82.3 Å². The number of rotatable bonds is 4. The summed E-state index contributed by atoms with van der Waals surface area (Å²) in [7, 11) is 1.76. The minimum atomic E-state index is -0.191. The molecule has 0 fully saturated rings. The number of hydrogen-bond donors (Lipinski definition) is 1. The molecule has 0 aliphatic rings. The summed E-state index contributed by atoms with van der Waals surface area (Å²) < 4.78 is 1.57. The second kappa shape index (κ2) is 5.02. The van der Waals surface area contributed by atoms with Gasteiger partial charge in [0.2, 0.25) is 0 Å². The molecule has 14 heavy (non-hydrogen) atoms. The van der Waals surface area contributed by atoms with Gasteiger partial charge in [0.15, 0.2) is 0 Å². The third-order valence-electron chi connectivity index (χ3n) is 1.70. The van der Waals surface area contributed by atoms with E-state index in [0.717, 1.165) is 0 Å². The van der Waals surface area contributed by atoms with Gasteiger partial charge < -0.3 is 5.32 Å². The third-order valence-corrected chi connectivity index (χ3v) is 1.70. The zero-order chi connectivity index (χ0) is 10.4. The standard InChI is InChI=1S/C9H12N4O/c1-13-7-4-8(12-13)9(14)11-6-3-2-5-10/h4,7H,2-3,6H2,1H3,(H,11,14). The van der Waals surface area contributed by atoms with Crippen molar-refractivity contribution in [2.24, 2.45) is 7.05 Å². The highest BCUT2D eigenvalue weighted by atomic mass is 16.1. The van der Waals surface area contributed by atoms with Crippen LogP contribution in [0, 0.1) is 11.3 Å². The van der Waals surface area contributed by atoms with E-state index in [1.54, 1.807) is 24.0 Å². The van der Waals surface area contributed by atoms with Gasteiger partial charge in [0.05, 0.1) is 6.07 Å². The fraction of sp³-hybridized carbons (Fsp3) is 0.444. The van der Waals surface area contributed by atoms with Gasteiger partial charge in [-0.2, -0.15) is 10.4 Å².